The summed E-state index contributed by atoms with van der Waals surface area (Å²) in [6.07, 6.45) is 1.32. The zero-order valence-electron chi connectivity index (χ0n) is 12.0. The van der Waals surface area contributed by atoms with Crippen molar-refractivity contribution in [2.45, 2.75) is 24.9 Å². The van der Waals surface area contributed by atoms with Gasteiger partial charge in [-0.2, -0.15) is 0 Å². The number of nitrogen functional groups attached to an aromatic ring is 1. The number of fused-ring (bicyclic) bond motifs is 2. The van der Waals surface area contributed by atoms with Crippen molar-refractivity contribution in [3.63, 3.8) is 0 Å². The van der Waals surface area contributed by atoms with E-state index in [2.05, 4.69) is 16.8 Å². The molecule has 0 aromatic heterocycles. The molecule has 5 heteroatoms. The molecule has 5 nitrogen and oxygen atoms in total. The number of ether oxygens (including phenoxy) is 1. The fourth-order valence-electron chi connectivity index (χ4n) is 3.29. The summed E-state index contributed by atoms with van der Waals surface area (Å²) in [5, 5.41) is 0. The van der Waals surface area contributed by atoms with Crippen LogP contribution in [0.2, 0.25) is 0 Å². The third-order valence-electron chi connectivity index (χ3n) is 4.52. The Labute approximate surface area is 119 Å². The highest BCUT2D eigenvalue weighted by atomic mass is 16.5. The first-order valence-electron chi connectivity index (χ1n) is 7.00. The van der Waals surface area contributed by atoms with Gasteiger partial charge in [0.25, 0.3) is 0 Å². The molecule has 108 valence electrons. The quantitative estimate of drug-likeness (QED) is 0.820. The molecule has 2 bridgehead atoms. The fourth-order valence-corrected chi connectivity index (χ4v) is 3.29. The molecule has 2 atom stereocenters. The van der Waals surface area contributed by atoms with E-state index in [9.17, 15) is 4.79 Å². The number of ketones is 1. The van der Waals surface area contributed by atoms with Crippen molar-refractivity contribution in [1.29, 1.82) is 0 Å². The van der Waals surface area contributed by atoms with Gasteiger partial charge in [0, 0.05) is 43.7 Å². The van der Waals surface area contributed by atoms with E-state index in [1.165, 1.54) is 0 Å². The predicted molar refractivity (Wildman–Crippen MR) is 79.2 cm³/mol. The molecule has 2 aliphatic rings. The van der Waals surface area contributed by atoms with Gasteiger partial charge in [-0.25, -0.2) is 0 Å². The zero-order chi connectivity index (χ0) is 14.3. The van der Waals surface area contributed by atoms with E-state index in [0.717, 1.165) is 18.8 Å². The van der Waals surface area contributed by atoms with Crippen molar-refractivity contribution in [3.8, 4) is 5.75 Å². The molecule has 0 spiro atoms. The molecule has 2 N–H and O–H groups in total. The molecule has 2 unspecified atom stereocenters. The second kappa shape index (κ2) is 4.98. The van der Waals surface area contributed by atoms with E-state index in [0.29, 0.717) is 42.1 Å². The Morgan fingerprint density at radius 3 is 2.45 bits per heavy atom. The molecule has 0 radical (unpaired) electrons. The highest BCUT2D eigenvalue weighted by Crippen LogP contribution is 2.32. The number of Topliss-reactive ketones (excluding diaryl/α,β-unsaturated/α-hetero) is 1. The number of rotatable bonds is 2. The molecule has 3 rings (SSSR count). The first kappa shape index (κ1) is 13.2. The molecule has 20 heavy (non-hydrogen) atoms. The summed E-state index contributed by atoms with van der Waals surface area (Å²) >= 11 is 0. The number of carbonyl (C=O) groups is 1. The fraction of sp³-hybridized carbons (Fsp3) is 0.533. The average molecular weight is 275 g/mol. The summed E-state index contributed by atoms with van der Waals surface area (Å²) in [4.78, 5) is 16.4. The Bertz CT molecular complexity index is 514. The molecule has 0 aliphatic carbocycles. The van der Waals surface area contributed by atoms with Gasteiger partial charge in [0.2, 0.25) is 0 Å². The Balaban J connectivity index is 1.82. The Kier molecular flexibility index (Phi) is 3.30. The summed E-state index contributed by atoms with van der Waals surface area (Å²) in [6, 6.07) is 6.54. The van der Waals surface area contributed by atoms with E-state index in [4.69, 9.17) is 10.5 Å². The smallest absolute Gasteiger partial charge is 0.141 e. The molecular formula is C15H21N3O2. The average Bonchev–Trinajstić information content (AvgIpc) is 2.40. The van der Waals surface area contributed by atoms with Crippen molar-refractivity contribution in [1.82, 2.24) is 4.90 Å². The van der Waals surface area contributed by atoms with E-state index < -0.39 is 0 Å². The number of hydrogen-bond acceptors (Lipinski definition) is 5. The van der Waals surface area contributed by atoms with Gasteiger partial charge < -0.3 is 15.4 Å². The number of hydrogen-bond donors (Lipinski definition) is 1. The number of methoxy groups -OCH3 is 1. The van der Waals surface area contributed by atoms with Gasteiger partial charge >= 0.3 is 0 Å². The first-order valence-corrected chi connectivity index (χ1v) is 7.00. The largest absolute Gasteiger partial charge is 0.495 e. The van der Waals surface area contributed by atoms with Crippen LogP contribution in [0.15, 0.2) is 18.2 Å². The maximum absolute atomic E-state index is 11.7. The SMILES string of the molecule is COc1ccc(N2CC3CC(=O)CC(C2)N3C)cc1N. The van der Waals surface area contributed by atoms with Crippen molar-refractivity contribution < 1.29 is 9.53 Å². The molecule has 2 heterocycles. The number of likely N-dealkylation sites (N-methyl/N-ethyl adjacent to an activating group) is 1. The summed E-state index contributed by atoms with van der Waals surface area (Å²) < 4.78 is 5.20. The van der Waals surface area contributed by atoms with Crippen LogP contribution in [0.4, 0.5) is 11.4 Å². The van der Waals surface area contributed by atoms with E-state index in [1.807, 2.05) is 18.2 Å². The summed E-state index contributed by atoms with van der Waals surface area (Å²) in [5.74, 6) is 1.10. The van der Waals surface area contributed by atoms with Gasteiger partial charge in [-0.1, -0.05) is 0 Å². The third kappa shape index (κ3) is 2.22. The van der Waals surface area contributed by atoms with Crippen LogP contribution in [0.3, 0.4) is 0 Å². The minimum atomic E-state index is 0.318. The Morgan fingerprint density at radius 1 is 1.25 bits per heavy atom. The van der Waals surface area contributed by atoms with Crippen LogP contribution >= 0.6 is 0 Å². The topological polar surface area (TPSA) is 58.8 Å². The van der Waals surface area contributed by atoms with Gasteiger partial charge in [-0.3, -0.25) is 9.69 Å². The van der Waals surface area contributed by atoms with Crippen molar-refractivity contribution in [2.75, 3.05) is 37.9 Å². The van der Waals surface area contributed by atoms with Crippen LogP contribution in [0.1, 0.15) is 12.8 Å². The number of nitrogens with two attached hydrogens (primary N) is 1. The monoisotopic (exact) mass is 275 g/mol. The minimum Gasteiger partial charge on any atom is -0.495 e. The number of anilines is 2. The zero-order valence-corrected chi connectivity index (χ0v) is 12.0. The van der Waals surface area contributed by atoms with Crippen molar-refractivity contribution in [3.05, 3.63) is 18.2 Å². The number of nitrogens with zero attached hydrogens (tertiary/aromatic N) is 2. The first-order chi connectivity index (χ1) is 9.58. The number of carbonyl (C=O) groups excluding carboxylic acids is 1. The van der Waals surface area contributed by atoms with Crippen LogP contribution in [-0.4, -0.2) is 50.0 Å². The molecule has 2 fully saturated rings. The van der Waals surface area contributed by atoms with Gasteiger partial charge in [-0.15, -0.1) is 0 Å². The van der Waals surface area contributed by atoms with Gasteiger partial charge in [0.05, 0.1) is 12.8 Å². The lowest BCUT2D eigenvalue weighted by molar-refractivity contribution is -0.125. The normalized spacial score (nSPS) is 26.7. The second-order valence-electron chi connectivity index (χ2n) is 5.75. The predicted octanol–water partition coefficient (Wildman–Crippen LogP) is 1.13. The molecule has 0 saturated carbocycles. The van der Waals surface area contributed by atoms with Crippen LogP contribution < -0.4 is 15.4 Å². The number of piperidine rings is 1. The number of benzene rings is 1. The molecule has 1 aromatic rings. The Morgan fingerprint density at radius 2 is 1.90 bits per heavy atom. The summed E-state index contributed by atoms with van der Waals surface area (Å²) in [5.41, 5.74) is 7.76. The van der Waals surface area contributed by atoms with E-state index in [1.54, 1.807) is 7.11 Å². The lowest BCUT2D eigenvalue weighted by Gasteiger charge is -2.48. The van der Waals surface area contributed by atoms with Crippen molar-refractivity contribution >= 4 is 17.2 Å². The van der Waals surface area contributed by atoms with Crippen LogP contribution in [0, 0.1) is 0 Å². The van der Waals surface area contributed by atoms with Crippen LogP contribution in [0.5, 0.6) is 5.75 Å². The van der Waals surface area contributed by atoms with Crippen LogP contribution in [0.25, 0.3) is 0 Å². The summed E-state index contributed by atoms with van der Waals surface area (Å²) in [7, 11) is 3.75. The molecule has 1 aromatic carbocycles. The number of piperazine rings is 1. The maximum atomic E-state index is 11.7. The van der Waals surface area contributed by atoms with Gasteiger partial charge in [0.15, 0.2) is 0 Å². The standard InChI is InChI=1S/C15H21N3O2/c1-17-11-5-13(19)6-12(17)9-18(8-11)10-3-4-15(20-2)14(16)7-10/h3-4,7,11-12H,5-6,8-9,16H2,1-2H3. The third-order valence-corrected chi connectivity index (χ3v) is 4.52. The molecule has 0 amide bonds. The van der Waals surface area contributed by atoms with E-state index >= 15 is 0 Å². The molecule has 2 saturated heterocycles. The van der Waals surface area contributed by atoms with Crippen LogP contribution in [-0.2, 0) is 4.79 Å². The summed E-state index contributed by atoms with van der Waals surface area (Å²) in [6.45, 7) is 1.76. The maximum Gasteiger partial charge on any atom is 0.141 e. The highest BCUT2D eigenvalue weighted by molar-refractivity contribution is 5.81. The van der Waals surface area contributed by atoms with Gasteiger partial charge in [0.1, 0.15) is 11.5 Å². The minimum absolute atomic E-state index is 0.318. The molecule has 2 aliphatic heterocycles. The molecular weight excluding hydrogens is 254 g/mol. The lowest BCUT2D eigenvalue weighted by Crippen LogP contribution is -2.61. The second-order valence-corrected chi connectivity index (χ2v) is 5.75. The highest BCUT2D eigenvalue weighted by Gasteiger charge is 2.38. The van der Waals surface area contributed by atoms with E-state index in [-0.39, 0.29) is 0 Å². The lowest BCUT2D eigenvalue weighted by atomic mass is 9.90. The van der Waals surface area contributed by atoms with Crippen molar-refractivity contribution in [2.24, 2.45) is 0 Å². The Hall–Kier alpha value is -1.75. The van der Waals surface area contributed by atoms with Gasteiger partial charge in [-0.05, 0) is 25.2 Å².